The molecule has 1 aromatic carbocycles. The monoisotopic (exact) mass is 350 g/mol. The van der Waals surface area contributed by atoms with Crippen molar-refractivity contribution in [3.63, 3.8) is 0 Å². The molecule has 3 aliphatic rings. The number of hydrogen-bond donors (Lipinski definition) is 0. The fourth-order valence-corrected chi connectivity index (χ4v) is 3.26. The normalized spacial score (nSPS) is 28.5. The first-order chi connectivity index (χ1) is 10.1. The summed E-state index contributed by atoms with van der Waals surface area (Å²) >= 11 is 0. The van der Waals surface area contributed by atoms with Crippen LogP contribution in [0.4, 0.5) is 43.9 Å². The van der Waals surface area contributed by atoms with E-state index in [9.17, 15) is 48.7 Å². The number of fused-ring (bicyclic) bond motifs is 6. The lowest BCUT2D eigenvalue weighted by molar-refractivity contribution is -0.280. The van der Waals surface area contributed by atoms with Gasteiger partial charge in [-0.25, -0.2) is 0 Å². The van der Waals surface area contributed by atoms with E-state index in [-0.39, 0.29) is 0 Å². The minimum atomic E-state index is -5.31. The summed E-state index contributed by atoms with van der Waals surface area (Å²) < 4.78 is 134. The summed E-state index contributed by atoms with van der Waals surface area (Å²) in [5, 5.41) is 0. The third-order valence-electron chi connectivity index (χ3n) is 4.37. The van der Waals surface area contributed by atoms with Crippen molar-refractivity contribution in [2.45, 2.75) is 29.6 Å². The molecule has 4 rings (SSSR count). The Morgan fingerprint density at radius 1 is 0.478 bits per heavy atom. The molecule has 0 aromatic heterocycles. The van der Waals surface area contributed by atoms with Crippen molar-refractivity contribution in [3.05, 3.63) is 33.4 Å². The highest BCUT2D eigenvalue weighted by atomic mass is 19.3. The summed E-state index contributed by atoms with van der Waals surface area (Å²) in [5.74, 6) is -28.1. The fraction of sp³-hybridized carbons (Fsp3) is 0.417. The van der Waals surface area contributed by atoms with Crippen LogP contribution >= 0.6 is 0 Å². The van der Waals surface area contributed by atoms with E-state index in [0.29, 0.717) is 0 Å². The molecule has 0 radical (unpaired) electrons. The molecule has 0 aliphatic heterocycles. The maximum atomic E-state index is 13.4. The number of alkyl halides is 10. The molecule has 0 saturated carbocycles. The molecule has 0 amide bonds. The van der Waals surface area contributed by atoms with Crippen molar-refractivity contribution in [3.8, 4) is 0 Å². The van der Waals surface area contributed by atoms with Crippen LogP contribution in [-0.4, -0.2) is 5.78 Å². The number of halogens is 10. The van der Waals surface area contributed by atoms with Gasteiger partial charge in [0.1, 0.15) is 0 Å². The van der Waals surface area contributed by atoms with Gasteiger partial charge in [0.15, 0.2) is 0 Å². The molecule has 0 heterocycles. The number of rotatable bonds is 0. The molecule has 124 valence electrons. The molecule has 1 nitrogen and oxygen atoms in total. The first-order valence-corrected chi connectivity index (χ1v) is 5.84. The van der Waals surface area contributed by atoms with Crippen LogP contribution in [0.3, 0.4) is 0 Å². The van der Waals surface area contributed by atoms with E-state index in [4.69, 9.17) is 0 Å². The van der Waals surface area contributed by atoms with Crippen LogP contribution < -0.4 is 0 Å². The second-order valence-electron chi connectivity index (χ2n) is 5.45. The number of carbonyl (C=O) groups is 1. The van der Waals surface area contributed by atoms with Gasteiger partial charge in [0.2, 0.25) is 5.78 Å². The second kappa shape index (κ2) is 3.07. The molecule has 0 spiro atoms. The van der Waals surface area contributed by atoms with Crippen LogP contribution in [0, 0.1) is 0 Å². The van der Waals surface area contributed by atoms with Crippen molar-refractivity contribution >= 4 is 5.78 Å². The minimum absolute atomic E-state index is 1.71. The van der Waals surface area contributed by atoms with E-state index in [2.05, 4.69) is 0 Å². The maximum absolute atomic E-state index is 13.4. The predicted octanol–water partition coefficient (Wildman–Crippen LogP) is 4.37. The Kier molecular flexibility index (Phi) is 1.97. The zero-order valence-electron chi connectivity index (χ0n) is 10.2. The lowest BCUT2D eigenvalue weighted by atomic mass is 9.58. The summed E-state index contributed by atoms with van der Waals surface area (Å²) in [6.45, 7) is 0. The van der Waals surface area contributed by atoms with E-state index >= 15 is 0 Å². The molecule has 3 aliphatic carbocycles. The molecule has 23 heavy (non-hydrogen) atoms. The minimum Gasteiger partial charge on any atom is -0.287 e. The topological polar surface area (TPSA) is 17.1 Å². The average Bonchev–Trinajstić information content (AvgIpc) is 2.43. The SMILES string of the molecule is O=C1c2c(c3c(c4c2C(F)(F)C4(F)F)C(F)(F)C3(F)F)C1(F)F. The van der Waals surface area contributed by atoms with E-state index in [1.54, 1.807) is 0 Å². The van der Waals surface area contributed by atoms with E-state index in [1.807, 2.05) is 0 Å². The molecule has 0 unspecified atom stereocenters. The van der Waals surface area contributed by atoms with E-state index < -0.39 is 68.8 Å². The lowest BCUT2D eigenvalue weighted by Crippen LogP contribution is -2.61. The highest BCUT2D eigenvalue weighted by molar-refractivity contribution is 6.14. The number of benzene rings is 1. The van der Waals surface area contributed by atoms with Gasteiger partial charge in [0.05, 0.1) is 5.56 Å². The van der Waals surface area contributed by atoms with Gasteiger partial charge in [-0.1, -0.05) is 0 Å². The van der Waals surface area contributed by atoms with Crippen LogP contribution in [-0.2, 0) is 29.6 Å². The van der Waals surface area contributed by atoms with Gasteiger partial charge in [-0.2, -0.15) is 43.9 Å². The van der Waals surface area contributed by atoms with Gasteiger partial charge in [0.25, 0.3) is 0 Å². The van der Waals surface area contributed by atoms with Crippen LogP contribution in [0.1, 0.15) is 38.2 Å². The van der Waals surface area contributed by atoms with Gasteiger partial charge in [-0.15, -0.1) is 0 Å². The number of Topliss-reactive ketones (excluding diaryl/α,β-unsaturated/α-hetero) is 1. The summed E-state index contributed by atoms with van der Waals surface area (Å²) in [6, 6.07) is 0. The van der Waals surface area contributed by atoms with Crippen LogP contribution in [0.25, 0.3) is 0 Å². The lowest BCUT2D eigenvalue weighted by Gasteiger charge is -2.52. The second-order valence-corrected chi connectivity index (χ2v) is 5.45. The molecule has 0 saturated heterocycles. The smallest absolute Gasteiger partial charge is 0.287 e. The standard InChI is InChI=1S/C12F10O/c13-8(14)2-1(7(8)23)3-5(11(19,20)9(3,15)16)6-4(2)10(17,18)12(6,21)22. The third-order valence-corrected chi connectivity index (χ3v) is 4.37. The summed E-state index contributed by atoms with van der Waals surface area (Å²) in [6.07, 6.45) is 0. The third kappa shape index (κ3) is 1.04. The Morgan fingerprint density at radius 3 is 1.22 bits per heavy atom. The summed E-state index contributed by atoms with van der Waals surface area (Å²) in [7, 11) is 0. The molecule has 0 N–H and O–H groups in total. The van der Waals surface area contributed by atoms with Crippen molar-refractivity contribution in [1.82, 2.24) is 0 Å². The van der Waals surface area contributed by atoms with Gasteiger partial charge in [-0.05, 0) is 0 Å². The number of ketones is 1. The summed E-state index contributed by atoms with van der Waals surface area (Å²) in [5.41, 5.74) is -12.3. The zero-order valence-corrected chi connectivity index (χ0v) is 10.2. The molecular formula is C12F10O. The molecule has 0 bridgehead atoms. The Hall–Kier alpha value is -1.81. The van der Waals surface area contributed by atoms with E-state index in [1.165, 1.54) is 0 Å². The molecule has 0 fully saturated rings. The van der Waals surface area contributed by atoms with Gasteiger partial charge in [0, 0.05) is 27.8 Å². The Morgan fingerprint density at radius 2 is 0.783 bits per heavy atom. The van der Waals surface area contributed by atoms with Crippen molar-refractivity contribution in [2.75, 3.05) is 0 Å². The molecule has 1 aromatic rings. The van der Waals surface area contributed by atoms with Crippen molar-refractivity contribution < 1.29 is 48.7 Å². The number of carbonyl (C=O) groups excluding carboxylic acids is 1. The van der Waals surface area contributed by atoms with Gasteiger partial charge < -0.3 is 0 Å². The predicted molar refractivity (Wildman–Crippen MR) is 50.2 cm³/mol. The van der Waals surface area contributed by atoms with Gasteiger partial charge >= 0.3 is 29.6 Å². The first-order valence-electron chi connectivity index (χ1n) is 5.84. The first kappa shape index (κ1) is 14.8. The Bertz CT molecular complexity index is 806. The highest BCUT2D eigenvalue weighted by Crippen LogP contribution is 2.75. The Labute approximate surface area is 118 Å². The Balaban J connectivity index is 2.21. The van der Waals surface area contributed by atoms with Crippen molar-refractivity contribution in [1.29, 1.82) is 0 Å². The highest BCUT2D eigenvalue weighted by Gasteiger charge is 2.84. The zero-order chi connectivity index (χ0) is 17.5. The van der Waals surface area contributed by atoms with Crippen molar-refractivity contribution in [2.24, 2.45) is 0 Å². The quantitative estimate of drug-likeness (QED) is 0.635. The molecule has 0 atom stereocenters. The van der Waals surface area contributed by atoms with Crippen LogP contribution in [0.15, 0.2) is 0 Å². The van der Waals surface area contributed by atoms with E-state index in [0.717, 1.165) is 0 Å². The van der Waals surface area contributed by atoms with Gasteiger partial charge in [-0.3, -0.25) is 4.79 Å². The molecular weight excluding hydrogens is 350 g/mol. The van der Waals surface area contributed by atoms with Crippen LogP contribution in [0.5, 0.6) is 0 Å². The number of hydrogen-bond acceptors (Lipinski definition) is 1. The fourth-order valence-electron chi connectivity index (χ4n) is 3.26. The average molecular weight is 350 g/mol. The maximum Gasteiger partial charge on any atom is 0.340 e. The summed E-state index contributed by atoms with van der Waals surface area (Å²) in [4.78, 5) is 11.2. The largest absolute Gasteiger partial charge is 0.340 e. The van der Waals surface area contributed by atoms with Crippen LogP contribution in [0.2, 0.25) is 0 Å². The molecule has 11 heteroatoms.